The highest BCUT2D eigenvalue weighted by molar-refractivity contribution is 5.85. The SMILES string of the molecule is Cl.Fc1ccc([C@@H]2CCNC[C@H]2COc2ccc3c(c2)OCO3)cc1.N. The van der Waals surface area contributed by atoms with Gasteiger partial charge in [-0.15, -0.1) is 12.4 Å². The van der Waals surface area contributed by atoms with E-state index in [1.165, 1.54) is 17.7 Å². The van der Waals surface area contributed by atoms with Crippen LogP contribution in [0.2, 0.25) is 0 Å². The van der Waals surface area contributed by atoms with Gasteiger partial charge in [-0.1, -0.05) is 12.1 Å². The number of halogens is 2. The molecule has 2 aromatic rings. The molecule has 0 amide bonds. The zero-order valence-electron chi connectivity index (χ0n) is 14.4. The lowest BCUT2D eigenvalue weighted by Crippen LogP contribution is -2.38. The summed E-state index contributed by atoms with van der Waals surface area (Å²) in [4.78, 5) is 0. The molecule has 26 heavy (non-hydrogen) atoms. The Kier molecular flexibility index (Phi) is 7.08. The van der Waals surface area contributed by atoms with Crippen LogP contribution in [0.3, 0.4) is 0 Å². The molecule has 0 bridgehead atoms. The van der Waals surface area contributed by atoms with E-state index in [0.717, 1.165) is 36.8 Å². The Balaban J connectivity index is 0.00000121. The van der Waals surface area contributed by atoms with Crippen molar-refractivity contribution < 1.29 is 18.6 Å². The van der Waals surface area contributed by atoms with Crippen molar-refractivity contribution in [3.63, 3.8) is 0 Å². The van der Waals surface area contributed by atoms with Crippen LogP contribution in [0.1, 0.15) is 17.9 Å². The molecule has 2 aromatic carbocycles. The van der Waals surface area contributed by atoms with E-state index in [4.69, 9.17) is 14.2 Å². The first-order chi connectivity index (χ1) is 11.8. The van der Waals surface area contributed by atoms with Crippen LogP contribution in [-0.2, 0) is 0 Å². The highest BCUT2D eigenvalue weighted by atomic mass is 35.5. The third-order valence-corrected chi connectivity index (χ3v) is 4.71. The molecule has 0 saturated carbocycles. The second-order valence-corrected chi connectivity index (χ2v) is 6.24. The van der Waals surface area contributed by atoms with Crippen molar-refractivity contribution in [3.8, 4) is 17.2 Å². The van der Waals surface area contributed by atoms with Crippen molar-refractivity contribution in [1.82, 2.24) is 11.5 Å². The zero-order chi connectivity index (χ0) is 16.4. The van der Waals surface area contributed by atoms with Gasteiger partial charge in [-0.25, -0.2) is 4.39 Å². The summed E-state index contributed by atoms with van der Waals surface area (Å²) in [6, 6.07) is 12.5. The van der Waals surface area contributed by atoms with E-state index >= 15 is 0 Å². The van der Waals surface area contributed by atoms with E-state index in [2.05, 4.69) is 5.32 Å². The average Bonchev–Trinajstić information content (AvgIpc) is 3.09. The van der Waals surface area contributed by atoms with Gasteiger partial charge in [-0.3, -0.25) is 0 Å². The van der Waals surface area contributed by atoms with E-state index in [1.54, 1.807) is 0 Å². The Morgan fingerprint density at radius 2 is 1.85 bits per heavy atom. The lowest BCUT2D eigenvalue weighted by atomic mass is 9.81. The number of ether oxygens (including phenoxy) is 3. The lowest BCUT2D eigenvalue weighted by Gasteiger charge is -2.32. The van der Waals surface area contributed by atoms with Crippen molar-refractivity contribution >= 4 is 12.4 Å². The van der Waals surface area contributed by atoms with Crippen molar-refractivity contribution in [2.45, 2.75) is 12.3 Å². The predicted octanol–water partition coefficient (Wildman–Crippen LogP) is 3.91. The van der Waals surface area contributed by atoms with Gasteiger partial charge < -0.3 is 25.7 Å². The van der Waals surface area contributed by atoms with E-state index in [1.807, 2.05) is 30.3 Å². The van der Waals surface area contributed by atoms with Gasteiger partial charge in [0.2, 0.25) is 6.79 Å². The first kappa shape index (κ1) is 20.3. The third-order valence-electron chi connectivity index (χ3n) is 4.71. The van der Waals surface area contributed by atoms with Crippen molar-refractivity contribution in [1.29, 1.82) is 0 Å². The van der Waals surface area contributed by atoms with Gasteiger partial charge in [0.1, 0.15) is 11.6 Å². The Morgan fingerprint density at radius 1 is 1.08 bits per heavy atom. The van der Waals surface area contributed by atoms with Crippen molar-refractivity contribution in [3.05, 3.63) is 53.8 Å². The number of nitrogens with one attached hydrogen (secondary N) is 1. The smallest absolute Gasteiger partial charge is 0.231 e. The van der Waals surface area contributed by atoms with Gasteiger partial charge >= 0.3 is 0 Å². The Labute approximate surface area is 158 Å². The number of hydrogen-bond donors (Lipinski definition) is 2. The molecular weight excluding hydrogens is 359 g/mol. The first-order valence-electron chi connectivity index (χ1n) is 8.28. The standard InChI is InChI=1S/C19H20FNO3.ClH.H3N/c20-15-3-1-13(2-4-15)17-7-8-21-10-14(17)11-22-16-5-6-18-19(9-16)24-12-23-18;;/h1-6,9,14,17,21H,7-8,10-12H2;1H;1H3/t14-,17-;;/m0../s1. The number of rotatable bonds is 4. The van der Waals surface area contributed by atoms with Crippen LogP contribution in [0.25, 0.3) is 0 Å². The molecule has 1 saturated heterocycles. The van der Waals surface area contributed by atoms with E-state index in [9.17, 15) is 4.39 Å². The fourth-order valence-corrected chi connectivity index (χ4v) is 3.42. The quantitative estimate of drug-likeness (QED) is 0.838. The van der Waals surface area contributed by atoms with Gasteiger partial charge in [0.15, 0.2) is 11.5 Å². The van der Waals surface area contributed by atoms with E-state index < -0.39 is 0 Å². The molecule has 142 valence electrons. The predicted molar refractivity (Wildman–Crippen MR) is 100 cm³/mol. The summed E-state index contributed by atoms with van der Waals surface area (Å²) in [7, 11) is 0. The van der Waals surface area contributed by atoms with Gasteiger partial charge in [0, 0.05) is 18.5 Å². The second kappa shape index (κ2) is 9.07. The highest BCUT2D eigenvalue weighted by Gasteiger charge is 2.27. The molecule has 0 aromatic heterocycles. The molecule has 1 fully saturated rings. The molecule has 0 aliphatic carbocycles. The number of piperidine rings is 1. The number of benzene rings is 2. The summed E-state index contributed by atoms with van der Waals surface area (Å²) in [5.41, 5.74) is 1.18. The zero-order valence-corrected chi connectivity index (χ0v) is 15.3. The fourth-order valence-electron chi connectivity index (χ4n) is 3.42. The molecule has 0 unspecified atom stereocenters. The minimum atomic E-state index is -0.194. The summed E-state index contributed by atoms with van der Waals surface area (Å²) >= 11 is 0. The third kappa shape index (κ3) is 4.38. The van der Waals surface area contributed by atoms with E-state index in [0.29, 0.717) is 18.4 Å². The van der Waals surface area contributed by atoms with Gasteiger partial charge in [0.25, 0.3) is 0 Å². The maximum absolute atomic E-state index is 13.2. The minimum absolute atomic E-state index is 0. The largest absolute Gasteiger partial charge is 0.493 e. The summed E-state index contributed by atoms with van der Waals surface area (Å²) < 4.78 is 29.9. The van der Waals surface area contributed by atoms with Crippen LogP contribution in [-0.4, -0.2) is 26.5 Å². The molecule has 4 rings (SSSR count). The second-order valence-electron chi connectivity index (χ2n) is 6.24. The molecule has 2 aliphatic heterocycles. The summed E-state index contributed by atoms with van der Waals surface area (Å²) in [5, 5.41) is 3.43. The molecule has 2 aliphatic rings. The van der Waals surface area contributed by atoms with Crippen LogP contribution in [0.5, 0.6) is 17.2 Å². The molecular formula is C19H24ClFN2O3. The maximum atomic E-state index is 13.2. The summed E-state index contributed by atoms with van der Waals surface area (Å²) in [6.45, 7) is 2.74. The van der Waals surface area contributed by atoms with Crippen LogP contribution >= 0.6 is 12.4 Å². The van der Waals surface area contributed by atoms with Gasteiger partial charge in [0.05, 0.1) is 6.61 Å². The Morgan fingerprint density at radius 3 is 2.65 bits per heavy atom. The Hall–Kier alpha value is -2.02. The normalized spacial score (nSPS) is 20.7. The molecule has 0 radical (unpaired) electrons. The summed E-state index contributed by atoms with van der Waals surface area (Å²) in [5.74, 6) is 2.79. The minimum Gasteiger partial charge on any atom is -0.493 e. The lowest BCUT2D eigenvalue weighted by molar-refractivity contribution is 0.173. The monoisotopic (exact) mass is 382 g/mol. The molecule has 4 N–H and O–H groups in total. The van der Waals surface area contributed by atoms with Crippen LogP contribution in [0, 0.1) is 11.7 Å². The fraction of sp³-hybridized carbons (Fsp3) is 0.368. The number of hydrogen-bond acceptors (Lipinski definition) is 5. The van der Waals surface area contributed by atoms with Crippen molar-refractivity contribution in [2.24, 2.45) is 5.92 Å². The van der Waals surface area contributed by atoms with Crippen LogP contribution < -0.4 is 25.7 Å². The van der Waals surface area contributed by atoms with E-state index in [-0.39, 0.29) is 31.2 Å². The number of fused-ring (bicyclic) bond motifs is 1. The van der Waals surface area contributed by atoms with Gasteiger partial charge in [-0.2, -0.15) is 0 Å². The average molecular weight is 383 g/mol. The van der Waals surface area contributed by atoms with Crippen LogP contribution in [0.4, 0.5) is 4.39 Å². The summed E-state index contributed by atoms with van der Waals surface area (Å²) in [6.07, 6.45) is 1.03. The highest BCUT2D eigenvalue weighted by Crippen LogP contribution is 2.36. The maximum Gasteiger partial charge on any atom is 0.231 e. The molecule has 7 heteroatoms. The van der Waals surface area contributed by atoms with Crippen LogP contribution in [0.15, 0.2) is 42.5 Å². The molecule has 5 nitrogen and oxygen atoms in total. The molecule has 0 spiro atoms. The molecule has 2 atom stereocenters. The van der Waals surface area contributed by atoms with Gasteiger partial charge in [-0.05, 0) is 48.7 Å². The first-order valence-corrected chi connectivity index (χ1v) is 8.28. The molecule has 2 heterocycles. The Bertz CT molecular complexity index is 714. The van der Waals surface area contributed by atoms with Crippen molar-refractivity contribution in [2.75, 3.05) is 26.5 Å². The topological polar surface area (TPSA) is 74.7 Å².